The van der Waals surface area contributed by atoms with Gasteiger partial charge in [-0.15, -0.1) is 0 Å². The van der Waals surface area contributed by atoms with Gasteiger partial charge in [0.15, 0.2) is 0 Å². The first kappa shape index (κ1) is 13.6. The van der Waals surface area contributed by atoms with Crippen LogP contribution in [0.15, 0.2) is 42.7 Å². The Morgan fingerprint density at radius 2 is 1.95 bits per heavy atom. The van der Waals surface area contributed by atoms with E-state index in [1.807, 2.05) is 31.2 Å². The Morgan fingerprint density at radius 3 is 2.63 bits per heavy atom. The first-order valence-electron chi connectivity index (χ1n) is 6.54. The highest BCUT2D eigenvalue weighted by Gasteiger charge is 2.08. The van der Waals surface area contributed by atoms with E-state index in [-0.39, 0.29) is 6.04 Å². The fourth-order valence-electron chi connectivity index (χ4n) is 1.98. The van der Waals surface area contributed by atoms with Gasteiger partial charge in [-0.3, -0.25) is 4.98 Å². The van der Waals surface area contributed by atoms with Crippen LogP contribution in [0.3, 0.4) is 0 Å². The zero-order valence-electron chi connectivity index (χ0n) is 11.5. The number of nitrogens with two attached hydrogens (primary N) is 1. The maximum absolute atomic E-state index is 5.98. The van der Waals surface area contributed by atoms with Crippen LogP contribution in [-0.4, -0.2) is 11.6 Å². The Hall–Kier alpha value is -1.87. The van der Waals surface area contributed by atoms with Gasteiger partial charge in [0, 0.05) is 30.4 Å². The van der Waals surface area contributed by atoms with Crippen molar-refractivity contribution >= 4 is 0 Å². The predicted molar refractivity (Wildman–Crippen MR) is 77.2 cm³/mol. The molecule has 1 heterocycles. The second-order valence-electron chi connectivity index (χ2n) is 4.78. The van der Waals surface area contributed by atoms with Gasteiger partial charge in [0.1, 0.15) is 5.75 Å². The van der Waals surface area contributed by atoms with E-state index in [9.17, 15) is 0 Å². The topological polar surface area (TPSA) is 48.1 Å². The smallest absolute Gasteiger partial charge is 0.124 e. The molecule has 1 aromatic carbocycles. The third-order valence-electron chi connectivity index (χ3n) is 3.05. The average Bonchev–Trinajstić information content (AvgIpc) is 2.41. The van der Waals surface area contributed by atoms with E-state index < -0.39 is 0 Å². The van der Waals surface area contributed by atoms with E-state index in [0.717, 1.165) is 17.7 Å². The summed E-state index contributed by atoms with van der Waals surface area (Å²) in [4.78, 5) is 4.00. The highest BCUT2D eigenvalue weighted by Crippen LogP contribution is 2.25. The van der Waals surface area contributed by atoms with Crippen molar-refractivity contribution in [1.82, 2.24) is 4.98 Å². The van der Waals surface area contributed by atoms with Gasteiger partial charge in [-0.2, -0.15) is 0 Å². The summed E-state index contributed by atoms with van der Waals surface area (Å²) in [6.07, 6.45) is 4.47. The number of aromatic nitrogens is 1. The number of hydrogen-bond acceptors (Lipinski definition) is 3. The van der Waals surface area contributed by atoms with Crippen molar-refractivity contribution in [2.75, 3.05) is 6.61 Å². The predicted octanol–water partition coefficient (Wildman–Crippen LogP) is 3.03. The molecule has 0 bridgehead atoms. The molecule has 0 unspecified atom stereocenters. The minimum Gasteiger partial charge on any atom is -0.493 e. The summed E-state index contributed by atoms with van der Waals surface area (Å²) in [6, 6.07) is 10.1. The fraction of sp³-hybridized carbons (Fsp3) is 0.312. The van der Waals surface area contributed by atoms with Crippen LogP contribution in [0.25, 0.3) is 0 Å². The SMILES string of the molecule is Cc1ccc(OCCc2ccncc2)c([C@H](C)N)c1. The van der Waals surface area contributed by atoms with Crippen LogP contribution in [0, 0.1) is 6.92 Å². The molecule has 0 aliphatic carbocycles. The Bertz CT molecular complexity index is 524. The standard InChI is InChI=1S/C16H20N2O/c1-12-3-4-16(15(11-12)13(2)17)19-10-7-14-5-8-18-9-6-14/h3-6,8-9,11,13H,7,10,17H2,1-2H3/t13-/m0/s1. The zero-order chi connectivity index (χ0) is 13.7. The Balaban J connectivity index is 2.00. The summed E-state index contributed by atoms with van der Waals surface area (Å²) in [7, 11) is 0. The van der Waals surface area contributed by atoms with Crippen LogP contribution in [0.5, 0.6) is 5.75 Å². The largest absolute Gasteiger partial charge is 0.493 e. The molecular formula is C16H20N2O. The second-order valence-corrected chi connectivity index (χ2v) is 4.78. The summed E-state index contributed by atoms with van der Waals surface area (Å²) in [6.45, 7) is 4.68. The number of aryl methyl sites for hydroxylation is 1. The van der Waals surface area contributed by atoms with Crippen molar-refractivity contribution in [1.29, 1.82) is 0 Å². The van der Waals surface area contributed by atoms with Crippen molar-refractivity contribution in [2.45, 2.75) is 26.3 Å². The molecule has 0 amide bonds. The number of nitrogens with zero attached hydrogens (tertiary/aromatic N) is 1. The maximum atomic E-state index is 5.98. The normalized spacial score (nSPS) is 12.2. The van der Waals surface area contributed by atoms with Gasteiger partial charge >= 0.3 is 0 Å². The monoisotopic (exact) mass is 256 g/mol. The number of rotatable bonds is 5. The molecular weight excluding hydrogens is 236 g/mol. The number of pyridine rings is 1. The Morgan fingerprint density at radius 1 is 1.21 bits per heavy atom. The molecule has 100 valence electrons. The van der Waals surface area contributed by atoms with Crippen LogP contribution in [0.1, 0.15) is 29.7 Å². The van der Waals surface area contributed by atoms with Crippen LogP contribution in [-0.2, 0) is 6.42 Å². The molecule has 0 saturated heterocycles. The first-order chi connectivity index (χ1) is 9.16. The van der Waals surface area contributed by atoms with E-state index in [1.165, 1.54) is 11.1 Å². The molecule has 1 aromatic heterocycles. The third kappa shape index (κ3) is 3.80. The van der Waals surface area contributed by atoms with Gasteiger partial charge in [-0.25, -0.2) is 0 Å². The molecule has 0 aliphatic heterocycles. The lowest BCUT2D eigenvalue weighted by atomic mass is 10.1. The molecule has 0 saturated carbocycles. The summed E-state index contributed by atoms with van der Waals surface area (Å²) >= 11 is 0. The minimum atomic E-state index is -0.0178. The number of hydrogen-bond donors (Lipinski definition) is 1. The second kappa shape index (κ2) is 6.34. The van der Waals surface area contributed by atoms with Crippen LogP contribution in [0.2, 0.25) is 0 Å². The maximum Gasteiger partial charge on any atom is 0.124 e. The van der Waals surface area contributed by atoms with Crippen molar-refractivity contribution < 1.29 is 4.74 Å². The zero-order valence-corrected chi connectivity index (χ0v) is 11.5. The van der Waals surface area contributed by atoms with Gasteiger partial charge in [0.25, 0.3) is 0 Å². The molecule has 0 radical (unpaired) electrons. The Labute approximate surface area is 114 Å². The molecule has 2 rings (SSSR count). The van der Waals surface area contributed by atoms with E-state index in [4.69, 9.17) is 10.5 Å². The van der Waals surface area contributed by atoms with E-state index in [2.05, 4.69) is 18.0 Å². The summed E-state index contributed by atoms with van der Waals surface area (Å²) in [5.74, 6) is 0.884. The third-order valence-corrected chi connectivity index (χ3v) is 3.05. The van der Waals surface area contributed by atoms with E-state index in [1.54, 1.807) is 12.4 Å². The van der Waals surface area contributed by atoms with E-state index in [0.29, 0.717) is 6.61 Å². The molecule has 2 aromatic rings. The van der Waals surface area contributed by atoms with Crippen molar-refractivity contribution in [2.24, 2.45) is 5.73 Å². The lowest BCUT2D eigenvalue weighted by molar-refractivity contribution is 0.317. The molecule has 0 fully saturated rings. The van der Waals surface area contributed by atoms with Gasteiger partial charge < -0.3 is 10.5 Å². The van der Waals surface area contributed by atoms with Crippen molar-refractivity contribution in [3.05, 3.63) is 59.4 Å². The Kier molecular flexibility index (Phi) is 4.53. The number of ether oxygens (including phenoxy) is 1. The highest BCUT2D eigenvalue weighted by molar-refractivity contribution is 5.38. The molecule has 0 spiro atoms. The molecule has 3 nitrogen and oxygen atoms in total. The quantitative estimate of drug-likeness (QED) is 0.894. The van der Waals surface area contributed by atoms with Crippen LogP contribution >= 0.6 is 0 Å². The minimum absolute atomic E-state index is 0.0178. The van der Waals surface area contributed by atoms with Crippen LogP contribution in [0.4, 0.5) is 0 Å². The van der Waals surface area contributed by atoms with Gasteiger partial charge in [0.05, 0.1) is 6.61 Å². The van der Waals surface area contributed by atoms with Gasteiger partial charge in [-0.05, 0) is 37.6 Å². The van der Waals surface area contributed by atoms with Gasteiger partial charge in [0.2, 0.25) is 0 Å². The lowest BCUT2D eigenvalue weighted by Gasteiger charge is -2.14. The lowest BCUT2D eigenvalue weighted by Crippen LogP contribution is -2.10. The van der Waals surface area contributed by atoms with Gasteiger partial charge in [-0.1, -0.05) is 17.7 Å². The van der Waals surface area contributed by atoms with Crippen LogP contribution < -0.4 is 10.5 Å². The average molecular weight is 256 g/mol. The molecule has 19 heavy (non-hydrogen) atoms. The molecule has 2 N–H and O–H groups in total. The molecule has 3 heteroatoms. The summed E-state index contributed by atoms with van der Waals surface area (Å²) in [5, 5.41) is 0. The van der Waals surface area contributed by atoms with E-state index >= 15 is 0 Å². The summed E-state index contributed by atoms with van der Waals surface area (Å²) in [5.41, 5.74) is 9.47. The fourth-order valence-corrected chi connectivity index (χ4v) is 1.98. The van der Waals surface area contributed by atoms with Crippen molar-refractivity contribution in [3.8, 4) is 5.75 Å². The molecule has 1 atom stereocenters. The number of benzene rings is 1. The first-order valence-corrected chi connectivity index (χ1v) is 6.54. The summed E-state index contributed by atoms with van der Waals surface area (Å²) < 4.78 is 5.86. The molecule has 0 aliphatic rings. The van der Waals surface area contributed by atoms with Crippen molar-refractivity contribution in [3.63, 3.8) is 0 Å². The highest BCUT2D eigenvalue weighted by atomic mass is 16.5.